The Bertz CT molecular complexity index is 1020. The average Bonchev–Trinajstić information content (AvgIpc) is 2.93. The van der Waals surface area contributed by atoms with E-state index in [0.29, 0.717) is 40.9 Å². The third kappa shape index (κ3) is 3.79. The van der Waals surface area contributed by atoms with Crippen LogP contribution in [0.15, 0.2) is 35.8 Å². The summed E-state index contributed by atoms with van der Waals surface area (Å²) >= 11 is 1.23. The SMILES string of the molecule is C=CCn1c(=NC(=O)C2CCCN(S(C)(=O)=O)C2)sc2cccc(F)c21. The van der Waals surface area contributed by atoms with E-state index in [0.717, 1.165) is 6.26 Å². The summed E-state index contributed by atoms with van der Waals surface area (Å²) in [6.07, 6.45) is 3.97. The van der Waals surface area contributed by atoms with Crippen LogP contribution < -0.4 is 4.80 Å². The lowest BCUT2D eigenvalue weighted by atomic mass is 9.99. The number of rotatable bonds is 4. The van der Waals surface area contributed by atoms with Gasteiger partial charge in [-0.05, 0) is 25.0 Å². The Morgan fingerprint density at radius 1 is 1.50 bits per heavy atom. The summed E-state index contributed by atoms with van der Waals surface area (Å²) < 4.78 is 41.3. The number of carbonyl (C=O) groups excluding carboxylic acids is 1. The Balaban J connectivity index is 1.99. The van der Waals surface area contributed by atoms with Crippen LogP contribution in [0, 0.1) is 11.7 Å². The first-order valence-electron chi connectivity index (χ1n) is 8.23. The summed E-state index contributed by atoms with van der Waals surface area (Å²) in [6, 6.07) is 4.76. The van der Waals surface area contributed by atoms with Gasteiger partial charge in [0.2, 0.25) is 10.0 Å². The standard InChI is InChI=1S/C17H20FN3O3S2/c1-3-9-21-15-13(18)7-4-8-14(15)25-17(21)19-16(22)12-6-5-10-20(11-12)26(2,23)24/h3-4,7-8,12H,1,5-6,9-11H2,2H3. The summed E-state index contributed by atoms with van der Waals surface area (Å²) in [5, 5.41) is 0. The molecule has 2 heterocycles. The number of aromatic nitrogens is 1. The highest BCUT2D eigenvalue weighted by Gasteiger charge is 2.30. The van der Waals surface area contributed by atoms with E-state index in [1.54, 1.807) is 22.8 Å². The fourth-order valence-electron chi connectivity index (χ4n) is 3.10. The molecule has 6 nitrogen and oxygen atoms in total. The average molecular weight is 397 g/mol. The van der Waals surface area contributed by atoms with Crippen LogP contribution in [-0.2, 0) is 21.4 Å². The van der Waals surface area contributed by atoms with E-state index in [9.17, 15) is 17.6 Å². The number of sulfonamides is 1. The zero-order chi connectivity index (χ0) is 18.9. The topological polar surface area (TPSA) is 71.7 Å². The number of carbonyl (C=O) groups is 1. The van der Waals surface area contributed by atoms with E-state index in [2.05, 4.69) is 11.6 Å². The summed E-state index contributed by atoms with van der Waals surface area (Å²) in [5.74, 6) is -1.23. The lowest BCUT2D eigenvalue weighted by Crippen LogP contribution is -2.41. The number of hydrogen-bond donors (Lipinski definition) is 0. The van der Waals surface area contributed by atoms with Crippen molar-refractivity contribution in [2.24, 2.45) is 10.9 Å². The fourth-order valence-corrected chi connectivity index (χ4v) is 5.07. The van der Waals surface area contributed by atoms with Crippen LogP contribution in [0.2, 0.25) is 0 Å². The Kier molecular flexibility index (Phi) is 5.40. The first kappa shape index (κ1) is 18.9. The second kappa shape index (κ2) is 7.42. The van der Waals surface area contributed by atoms with Crippen molar-refractivity contribution in [3.05, 3.63) is 41.5 Å². The maximum Gasteiger partial charge on any atom is 0.252 e. The Hall–Kier alpha value is -1.84. The molecule has 1 amide bonds. The maximum absolute atomic E-state index is 14.2. The number of piperidine rings is 1. The smallest absolute Gasteiger partial charge is 0.252 e. The largest absolute Gasteiger partial charge is 0.310 e. The quantitative estimate of drug-likeness (QED) is 0.742. The molecule has 1 aromatic heterocycles. The minimum absolute atomic E-state index is 0.141. The minimum atomic E-state index is -3.33. The van der Waals surface area contributed by atoms with Crippen LogP contribution in [0.4, 0.5) is 4.39 Å². The van der Waals surface area contributed by atoms with Gasteiger partial charge in [-0.3, -0.25) is 4.79 Å². The molecule has 9 heteroatoms. The molecule has 1 fully saturated rings. The molecular weight excluding hydrogens is 377 g/mol. The van der Waals surface area contributed by atoms with Gasteiger partial charge in [0, 0.05) is 19.6 Å². The van der Waals surface area contributed by atoms with E-state index < -0.39 is 15.9 Å². The number of fused-ring (bicyclic) bond motifs is 1. The molecule has 0 spiro atoms. The zero-order valence-corrected chi connectivity index (χ0v) is 16.0. The van der Waals surface area contributed by atoms with Crippen LogP contribution in [0.1, 0.15) is 12.8 Å². The molecule has 0 N–H and O–H groups in total. The van der Waals surface area contributed by atoms with Crippen molar-refractivity contribution in [3.63, 3.8) is 0 Å². The minimum Gasteiger partial charge on any atom is -0.310 e. The number of halogens is 1. The van der Waals surface area contributed by atoms with Gasteiger partial charge in [-0.2, -0.15) is 4.99 Å². The molecule has 3 rings (SSSR count). The summed E-state index contributed by atoms with van der Waals surface area (Å²) in [7, 11) is -3.33. The molecule has 26 heavy (non-hydrogen) atoms. The molecule has 1 aliphatic heterocycles. The first-order valence-corrected chi connectivity index (χ1v) is 10.9. The van der Waals surface area contributed by atoms with Gasteiger partial charge in [0.15, 0.2) is 4.80 Å². The van der Waals surface area contributed by atoms with Gasteiger partial charge in [-0.25, -0.2) is 17.1 Å². The predicted molar refractivity (Wildman–Crippen MR) is 99.7 cm³/mol. The molecule has 1 aliphatic rings. The second-order valence-corrected chi connectivity index (χ2v) is 9.27. The monoisotopic (exact) mass is 397 g/mol. The summed E-state index contributed by atoms with van der Waals surface area (Å²) in [5.41, 5.74) is 0.394. The number of para-hydroxylation sites is 1. The highest BCUT2D eigenvalue weighted by atomic mass is 32.2. The number of benzene rings is 1. The third-order valence-corrected chi connectivity index (χ3v) is 6.68. The fraction of sp³-hybridized carbons (Fsp3) is 0.412. The van der Waals surface area contributed by atoms with Crippen LogP contribution in [0.25, 0.3) is 10.2 Å². The Morgan fingerprint density at radius 2 is 2.27 bits per heavy atom. The molecule has 0 saturated carbocycles. The molecule has 140 valence electrons. The van der Waals surface area contributed by atoms with Gasteiger partial charge in [-0.15, -0.1) is 6.58 Å². The second-order valence-electron chi connectivity index (χ2n) is 6.28. The normalized spacial score (nSPS) is 19.8. The highest BCUT2D eigenvalue weighted by molar-refractivity contribution is 7.88. The van der Waals surface area contributed by atoms with E-state index >= 15 is 0 Å². The van der Waals surface area contributed by atoms with Crippen molar-refractivity contribution in [2.75, 3.05) is 19.3 Å². The van der Waals surface area contributed by atoms with Crippen molar-refractivity contribution in [3.8, 4) is 0 Å². The van der Waals surface area contributed by atoms with Crippen molar-refractivity contribution in [1.82, 2.24) is 8.87 Å². The number of hydrogen-bond acceptors (Lipinski definition) is 4. The van der Waals surface area contributed by atoms with Crippen molar-refractivity contribution < 1.29 is 17.6 Å². The van der Waals surface area contributed by atoms with Gasteiger partial charge < -0.3 is 4.57 Å². The van der Waals surface area contributed by atoms with E-state index in [1.165, 1.54) is 21.7 Å². The molecule has 1 atom stereocenters. The van der Waals surface area contributed by atoms with Crippen molar-refractivity contribution in [2.45, 2.75) is 19.4 Å². The Labute approximate surface area is 155 Å². The van der Waals surface area contributed by atoms with Crippen LogP contribution in [0.3, 0.4) is 0 Å². The zero-order valence-electron chi connectivity index (χ0n) is 14.4. The molecule has 1 saturated heterocycles. The molecular formula is C17H20FN3O3S2. The van der Waals surface area contributed by atoms with Crippen molar-refractivity contribution >= 4 is 37.5 Å². The van der Waals surface area contributed by atoms with Crippen LogP contribution in [0.5, 0.6) is 0 Å². The Morgan fingerprint density at radius 3 is 2.96 bits per heavy atom. The molecule has 0 aliphatic carbocycles. The number of thiazole rings is 1. The lowest BCUT2D eigenvalue weighted by Gasteiger charge is -2.28. The van der Waals surface area contributed by atoms with E-state index in [-0.39, 0.29) is 18.3 Å². The number of amides is 1. The van der Waals surface area contributed by atoms with E-state index in [4.69, 9.17) is 0 Å². The van der Waals surface area contributed by atoms with Crippen LogP contribution in [-0.4, -0.2) is 42.5 Å². The van der Waals surface area contributed by atoms with E-state index in [1.807, 2.05) is 0 Å². The molecule has 1 aromatic carbocycles. The van der Waals surface area contributed by atoms with Crippen molar-refractivity contribution in [1.29, 1.82) is 0 Å². The van der Waals surface area contributed by atoms with Gasteiger partial charge in [0.1, 0.15) is 5.82 Å². The number of nitrogens with zero attached hydrogens (tertiary/aromatic N) is 3. The maximum atomic E-state index is 14.2. The third-order valence-electron chi connectivity index (χ3n) is 4.37. The first-order chi connectivity index (χ1) is 12.3. The molecule has 0 radical (unpaired) electrons. The predicted octanol–water partition coefficient (Wildman–Crippen LogP) is 2.13. The highest BCUT2D eigenvalue weighted by Crippen LogP contribution is 2.22. The van der Waals surface area contributed by atoms with Crippen LogP contribution >= 0.6 is 11.3 Å². The number of allylic oxidation sites excluding steroid dienone is 1. The van der Waals surface area contributed by atoms with Gasteiger partial charge >= 0.3 is 0 Å². The van der Waals surface area contributed by atoms with Gasteiger partial charge in [0.05, 0.1) is 22.4 Å². The molecule has 2 aromatic rings. The van der Waals surface area contributed by atoms with Gasteiger partial charge in [0.25, 0.3) is 5.91 Å². The lowest BCUT2D eigenvalue weighted by molar-refractivity contribution is -0.122. The van der Waals surface area contributed by atoms with Gasteiger partial charge in [-0.1, -0.05) is 23.5 Å². The molecule has 1 unspecified atom stereocenters. The molecule has 0 bridgehead atoms. The summed E-state index contributed by atoms with van der Waals surface area (Å²) in [6.45, 7) is 4.57. The summed E-state index contributed by atoms with van der Waals surface area (Å²) in [4.78, 5) is 17.2.